The van der Waals surface area contributed by atoms with E-state index < -0.39 is 24.8 Å². The Hall–Kier alpha value is -0.940. The summed E-state index contributed by atoms with van der Waals surface area (Å²) in [5.74, 6) is 0. The van der Waals surface area contributed by atoms with Crippen LogP contribution < -0.4 is 0 Å². The fraction of sp³-hybridized carbons (Fsp3) is 0.917. The van der Waals surface area contributed by atoms with E-state index in [0.29, 0.717) is 13.1 Å². The van der Waals surface area contributed by atoms with Crippen molar-refractivity contribution in [1.82, 2.24) is 9.80 Å². The Kier molecular flexibility index (Phi) is 5.28. The van der Waals surface area contributed by atoms with Gasteiger partial charge in [0, 0.05) is 19.1 Å². The van der Waals surface area contributed by atoms with Gasteiger partial charge in [-0.15, -0.1) is 0 Å². The summed E-state index contributed by atoms with van der Waals surface area (Å²) < 4.78 is 37.4. The number of urea groups is 1. The molecule has 0 aromatic carbocycles. The molecule has 1 heterocycles. The highest BCUT2D eigenvalue weighted by molar-refractivity contribution is 5.74. The molecule has 0 bridgehead atoms. The number of amides is 2. The van der Waals surface area contributed by atoms with Crippen LogP contribution in [0.25, 0.3) is 0 Å². The average Bonchev–Trinajstić information content (AvgIpc) is 2.51. The predicted octanol–water partition coefficient (Wildman–Crippen LogP) is 3.26. The van der Waals surface area contributed by atoms with E-state index >= 15 is 0 Å². The van der Waals surface area contributed by atoms with Gasteiger partial charge in [-0.3, -0.25) is 0 Å². The number of hydrogen-bond donors (Lipinski definition) is 0. The average molecular weight is 266 g/mol. The first kappa shape index (κ1) is 15.1. The van der Waals surface area contributed by atoms with Gasteiger partial charge in [0.05, 0.1) is 0 Å². The summed E-state index contributed by atoms with van der Waals surface area (Å²) in [5.41, 5.74) is 0. The van der Waals surface area contributed by atoms with Gasteiger partial charge in [0.25, 0.3) is 0 Å². The molecule has 106 valence electrons. The summed E-state index contributed by atoms with van der Waals surface area (Å²) in [6, 6.07) is -0.924. The minimum Gasteiger partial charge on any atom is -0.325 e. The van der Waals surface area contributed by atoms with Crippen LogP contribution in [0.3, 0.4) is 0 Å². The van der Waals surface area contributed by atoms with Crippen LogP contribution in [-0.2, 0) is 0 Å². The molecule has 1 fully saturated rings. The van der Waals surface area contributed by atoms with Gasteiger partial charge in [-0.2, -0.15) is 13.2 Å². The van der Waals surface area contributed by atoms with Crippen molar-refractivity contribution in [2.24, 2.45) is 0 Å². The number of nitrogens with zero attached hydrogens (tertiary/aromatic N) is 2. The molecule has 1 rings (SSSR count). The molecule has 6 heteroatoms. The summed E-state index contributed by atoms with van der Waals surface area (Å²) in [5, 5.41) is 0. The van der Waals surface area contributed by atoms with Gasteiger partial charge in [-0.25, -0.2) is 4.79 Å². The van der Waals surface area contributed by atoms with Crippen LogP contribution in [0.2, 0.25) is 0 Å². The highest BCUT2D eigenvalue weighted by Gasteiger charge is 2.35. The van der Waals surface area contributed by atoms with Crippen molar-refractivity contribution in [3.63, 3.8) is 0 Å². The van der Waals surface area contributed by atoms with Gasteiger partial charge < -0.3 is 9.80 Å². The topological polar surface area (TPSA) is 23.6 Å². The van der Waals surface area contributed by atoms with Crippen LogP contribution in [0.4, 0.5) is 18.0 Å². The Bertz CT molecular complexity index is 271. The minimum atomic E-state index is -4.34. The molecule has 0 spiro atoms. The van der Waals surface area contributed by atoms with Crippen molar-refractivity contribution in [1.29, 1.82) is 0 Å². The molecule has 3 nitrogen and oxygen atoms in total. The highest BCUT2D eigenvalue weighted by atomic mass is 19.4. The van der Waals surface area contributed by atoms with E-state index in [4.69, 9.17) is 0 Å². The molecular weight excluding hydrogens is 245 g/mol. The van der Waals surface area contributed by atoms with Crippen LogP contribution in [0.15, 0.2) is 0 Å². The van der Waals surface area contributed by atoms with Crippen molar-refractivity contribution in [3.05, 3.63) is 0 Å². The Balaban J connectivity index is 2.69. The first-order valence-corrected chi connectivity index (χ1v) is 6.43. The number of halogens is 3. The van der Waals surface area contributed by atoms with E-state index in [0.717, 1.165) is 30.6 Å². The summed E-state index contributed by atoms with van der Waals surface area (Å²) in [6.07, 6.45) is -0.491. The summed E-state index contributed by atoms with van der Waals surface area (Å²) in [7, 11) is 0. The molecule has 1 aliphatic heterocycles. The maximum Gasteiger partial charge on any atom is 0.406 e. The lowest BCUT2D eigenvalue weighted by Crippen LogP contribution is -2.50. The van der Waals surface area contributed by atoms with Gasteiger partial charge >= 0.3 is 12.2 Å². The predicted molar refractivity (Wildman–Crippen MR) is 63.3 cm³/mol. The summed E-state index contributed by atoms with van der Waals surface area (Å²) >= 11 is 0. The van der Waals surface area contributed by atoms with Gasteiger partial charge in [0.15, 0.2) is 0 Å². The standard InChI is InChI=1S/C12H21F3N2O/c1-10(2)17(9-12(13,14)15)11(18)16-7-5-3-4-6-8-16/h10H,3-9H2,1-2H3. The Morgan fingerprint density at radius 2 is 1.67 bits per heavy atom. The quantitative estimate of drug-likeness (QED) is 0.752. The molecular formula is C12H21F3N2O. The minimum absolute atomic E-state index is 0.442. The maximum absolute atomic E-state index is 12.5. The summed E-state index contributed by atoms with van der Waals surface area (Å²) in [4.78, 5) is 14.6. The lowest BCUT2D eigenvalue weighted by atomic mass is 10.2. The maximum atomic E-state index is 12.5. The lowest BCUT2D eigenvalue weighted by molar-refractivity contribution is -0.144. The van der Waals surface area contributed by atoms with Gasteiger partial charge in [0.2, 0.25) is 0 Å². The molecule has 0 radical (unpaired) electrons. The molecule has 0 aliphatic carbocycles. The Morgan fingerprint density at radius 1 is 1.17 bits per heavy atom. The first-order chi connectivity index (χ1) is 8.31. The number of carbonyl (C=O) groups excluding carboxylic acids is 1. The van der Waals surface area contributed by atoms with Crippen LogP contribution in [0.1, 0.15) is 39.5 Å². The third-order valence-electron chi connectivity index (χ3n) is 3.10. The molecule has 0 atom stereocenters. The molecule has 1 aliphatic rings. The van der Waals surface area contributed by atoms with E-state index in [1.165, 1.54) is 0 Å². The molecule has 2 amide bonds. The first-order valence-electron chi connectivity index (χ1n) is 6.43. The molecule has 0 N–H and O–H groups in total. The Labute approximate surface area is 106 Å². The van der Waals surface area contributed by atoms with Crippen molar-refractivity contribution in [3.8, 4) is 0 Å². The zero-order valence-corrected chi connectivity index (χ0v) is 11.0. The van der Waals surface area contributed by atoms with Gasteiger partial charge in [-0.1, -0.05) is 12.8 Å². The third-order valence-corrected chi connectivity index (χ3v) is 3.10. The number of hydrogen-bond acceptors (Lipinski definition) is 1. The van der Waals surface area contributed by atoms with E-state index in [9.17, 15) is 18.0 Å². The zero-order chi connectivity index (χ0) is 13.8. The largest absolute Gasteiger partial charge is 0.406 e. The van der Waals surface area contributed by atoms with E-state index in [1.807, 2.05) is 0 Å². The highest BCUT2D eigenvalue weighted by Crippen LogP contribution is 2.20. The van der Waals surface area contributed by atoms with Gasteiger partial charge in [0.1, 0.15) is 6.54 Å². The van der Waals surface area contributed by atoms with Crippen molar-refractivity contribution in [2.75, 3.05) is 19.6 Å². The number of carbonyl (C=O) groups is 1. The fourth-order valence-corrected chi connectivity index (χ4v) is 2.11. The fourth-order valence-electron chi connectivity index (χ4n) is 2.11. The van der Waals surface area contributed by atoms with Crippen molar-refractivity contribution >= 4 is 6.03 Å². The molecule has 0 saturated carbocycles. The monoisotopic (exact) mass is 266 g/mol. The van der Waals surface area contributed by atoms with E-state index in [2.05, 4.69) is 0 Å². The van der Waals surface area contributed by atoms with Gasteiger partial charge in [-0.05, 0) is 26.7 Å². The second kappa shape index (κ2) is 6.29. The zero-order valence-electron chi connectivity index (χ0n) is 11.0. The number of likely N-dealkylation sites (tertiary alicyclic amines) is 1. The molecule has 0 unspecified atom stereocenters. The smallest absolute Gasteiger partial charge is 0.325 e. The summed E-state index contributed by atoms with van der Waals surface area (Å²) in [6.45, 7) is 3.20. The van der Waals surface area contributed by atoms with E-state index in [1.54, 1.807) is 18.7 Å². The second-order valence-corrected chi connectivity index (χ2v) is 5.02. The number of alkyl halides is 3. The molecule has 0 aromatic rings. The Morgan fingerprint density at radius 3 is 2.06 bits per heavy atom. The second-order valence-electron chi connectivity index (χ2n) is 5.02. The van der Waals surface area contributed by atoms with E-state index in [-0.39, 0.29) is 0 Å². The van der Waals surface area contributed by atoms with Crippen molar-refractivity contribution < 1.29 is 18.0 Å². The van der Waals surface area contributed by atoms with Crippen LogP contribution >= 0.6 is 0 Å². The molecule has 18 heavy (non-hydrogen) atoms. The van der Waals surface area contributed by atoms with Crippen LogP contribution in [0, 0.1) is 0 Å². The normalized spacial score (nSPS) is 17.8. The lowest BCUT2D eigenvalue weighted by Gasteiger charge is -2.33. The molecule has 1 saturated heterocycles. The van der Waals surface area contributed by atoms with Crippen LogP contribution in [-0.4, -0.2) is 47.7 Å². The SMILES string of the molecule is CC(C)N(CC(F)(F)F)C(=O)N1CCCCCC1. The third kappa shape index (κ3) is 4.74. The van der Waals surface area contributed by atoms with Crippen LogP contribution in [0.5, 0.6) is 0 Å². The van der Waals surface area contributed by atoms with Crippen molar-refractivity contribution in [2.45, 2.75) is 51.7 Å². The number of rotatable bonds is 2. The molecule has 0 aromatic heterocycles.